The third kappa shape index (κ3) is 2.63. The average molecular weight is 286 g/mol. The van der Waals surface area contributed by atoms with E-state index in [0.717, 1.165) is 16.6 Å². The van der Waals surface area contributed by atoms with Crippen molar-refractivity contribution >= 4 is 27.7 Å². The standard InChI is InChI=1S/C10H12BrN3O2/c11-7-3-9(5-12-4-7)13-8-1-2-14(6-8)10(15)16/h3-5,8,13H,1-2,6H2,(H,15,16)/t8-/m1/s1. The summed E-state index contributed by atoms with van der Waals surface area (Å²) in [5, 5.41) is 12.1. The van der Waals surface area contributed by atoms with Gasteiger partial charge in [0.15, 0.2) is 0 Å². The highest BCUT2D eigenvalue weighted by Crippen LogP contribution is 2.18. The summed E-state index contributed by atoms with van der Waals surface area (Å²) in [6.45, 7) is 1.12. The first-order valence-electron chi connectivity index (χ1n) is 5.00. The fraction of sp³-hybridized carbons (Fsp3) is 0.400. The molecule has 2 N–H and O–H groups in total. The van der Waals surface area contributed by atoms with Gasteiger partial charge in [0.25, 0.3) is 0 Å². The summed E-state index contributed by atoms with van der Waals surface area (Å²) in [7, 11) is 0. The molecule has 1 aromatic heterocycles. The smallest absolute Gasteiger partial charge is 0.407 e. The molecule has 0 spiro atoms. The molecule has 2 heterocycles. The lowest BCUT2D eigenvalue weighted by Crippen LogP contribution is -2.30. The van der Waals surface area contributed by atoms with Gasteiger partial charge in [-0.05, 0) is 28.4 Å². The number of nitrogens with zero attached hydrogens (tertiary/aromatic N) is 2. The largest absolute Gasteiger partial charge is 0.465 e. The van der Waals surface area contributed by atoms with Gasteiger partial charge in [0, 0.05) is 29.8 Å². The summed E-state index contributed by atoms with van der Waals surface area (Å²) in [5.41, 5.74) is 0.909. The van der Waals surface area contributed by atoms with Gasteiger partial charge in [0.2, 0.25) is 0 Å². The number of hydrogen-bond acceptors (Lipinski definition) is 3. The summed E-state index contributed by atoms with van der Waals surface area (Å²) in [5.74, 6) is 0. The lowest BCUT2D eigenvalue weighted by molar-refractivity contribution is 0.155. The predicted octanol–water partition coefficient (Wildman–Crippen LogP) is 2.01. The summed E-state index contributed by atoms with van der Waals surface area (Å²) < 4.78 is 0.908. The van der Waals surface area contributed by atoms with E-state index in [-0.39, 0.29) is 6.04 Å². The number of amides is 1. The number of pyridine rings is 1. The minimum absolute atomic E-state index is 0.173. The Hall–Kier alpha value is -1.30. The molecule has 1 aliphatic heterocycles. The normalized spacial score (nSPS) is 19.8. The van der Waals surface area contributed by atoms with Gasteiger partial charge in [0.05, 0.1) is 11.9 Å². The number of halogens is 1. The van der Waals surface area contributed by atoms with Crippen LogP contribution in [0.2, 0.25) is 0 Å². The maximum absolute atomic E-state index is 10.7. The van der Waals surface area contributed by atoms with Crippen molar-refractivity contribution in [2.45, 2.75) is 12.5 Å². The van der Waals surface area contributed by atoms with Crippen molar-refractivity contribution in [3.05, 3.63) is 22.9 Å². The van der Waals surface area contributed by atoms with Crippen LogP contribution in [-0.4, -0.2) is 40.2 Å². The number of carbonyl (C=O) groups is 1. The van der Waals surface area contributed by atoms with Gasteiger partial charge in [-0.1, -0.05) is 0 Å². The number of rotatable bonds is 2. The molecule has 2 rings (SSSR count). The second kappa shape index (κ2) is 4.69. The zero-order valence-electron chi connectivity index (χ0n) is 8.56. The van der Waals surface area contributed by atoms with Crippen LogP contribution in [0.3, 0.4) is 0 Å². The molecule has 16 heavy (non-hydrogen) atoms. The van der Waals surface area contributed by atoms with E-state index in [0.29, 0.717) is 13.1 Å². The Morgan fingerprint density at radius 2 is 2.44 bits per heavy atom. The molecule has 1 atom stereocenters. The third-order valence-electron chi connectivity index (χ3n) is 2.53. The molecular weight excluding hydrogens is 274 g/mol. The summed E-state index contributed by atoms with van der Waals surface area (Å²) in [4.78, 5) is 16.2. The second-order valence-corrected chi connectivity index (χ2v) is 4.67. The van der Waals surface area contributed by atoms with Gasteiger partial charge in [-0.15, -0.1) is 0 Å². The molecule has 1 saturated heterocycles. The number of likely N-dealkylation sites (tertiary alicyclic amines) is 1. The molecule has 5 nitrogen and oxygen atoms in total. The van der Waals surface area contributed by atoms with E-state index in [1.807, 2.05) is 6.07 Å². The number of anilines is 1. The van der Waals surface area contributed by atoms with Crippen LogP contribution in [0.15, 0.2) is 22.9 Å². The Morgan fingerprint density at radius 1 is 1.62 bits per heavy atom. The molecule has 0 aliphatic carbocycles. The van der Waals surface area contributed by atoms with Crippen LogP contribution in [0, 0.1) is 0 Å². The van der Waals surface area contributed by atoms with Crippen LogP contribution in [0.25, 0.3) is 0 Å². The number of aromatic nitrogens is 1. The number of hydrogen-bond donors (Lipinski definition) is 2. The van der Waals surface area contributed by atoms with Crippen LogP contribution < -0.4 is 5.32 Å². The maximum atomic E-state index is 10.7. The molecule has 1 aliphatic rings. The highest BCUT2D eigenvalue weighted by molar-refractivity contribution is 9.10. The highest BCUT2D eigenvalue weighted by Gasteiger charge is 2.25. The van der Waals surface area contributed by atoms with E-state index in [2.05, 4.69) is 26.2 Å². The van der Waals surface area contributed by atoms with E-state index in [1.165, 1.54) is 4.90 Å². The van der Waals surface area contributed by atoms with E-state index >= 15 is 0 Å². The van der Waals surface area contributed by atoms with Gasteiger partial charge in [-0.2, -0.15) is 0 Å². The Morgan fingerprint density at radius 3 is 3.06 bits per heavy atom. The summed E-state index contributed by atoms with van der Waals surface area (Å²) in [6.07, 6.45) is 3.42. The lowest BCUT2D eigenvalue weighted by atomic mass is 10.2. The molecule has 0 radical (unpaired) electrons. The third-order valence-corrected chi connectivity index (χ3v) is 2.97. The van der Waals surface area contributed by atoms with Gasteiger partial charge >= 0.3 is 6.09 Å². The monoisotopic (exact) mass is 285 g/mol. The van der Waals surface area contributed by atoms with Crippen LogP contribution in [0.1, 0.15) is 6.42 Å². The van der Waals surface area contributed by atoms with Crippen LogP contribution in [0.4, 0.5) is 10.5 Å². The Kier molecular flexibility index (Phi) is 3.28. The zero-order chi connectivity index (χ0) is 11.5. The fourth-order valence-corrected chi connectivity index (χ4v) is 2.14. The molecular formula is C10H12BrN3O2. The van der Waals surface area contributed by atoms with Crippen molar-refractivity contribution in [1.29, 1.82) is 0 Å². The molecule has 86 valence electrons. The van der Waals surface area contributed by atoms with Gasteiger partial charge in [-0.3, -0.25) is 4.98 Å². The van der Waals surface area contributed by atoms with Gasteiger partial charge in [-0.25, -0.2) is 4.79 Å². The minimum atomic E-state index is -0.850. The first-order valence-corrected chi connectivity index (χ1v) is 5.79. The van der Waals surface area contributed by atoms with Crippen molar-refractivity contribution in [3.63, 3.8) is 0 Å². The SMILES string of the molecule is O=C(O)N1CC[C@@H](Nc2cncc(Br)c2)C1. The maximum Gasteiger partial charge on any atom is 0.407 e. The summed E-state index contributed by atoms with van der Waals surface area (Å²) >= 11 is 3.34. The fourth-order valence-electron chi connectivity index (χ4n) is 1.78. The molecule has 1 amide bonds. The Balaban J connectivity index is 1.94. The Labute approximate surface area is 102 Å². The number of nitrogens with one attached hydrogen (secondary N) is 1. The first-order chi connectivity index (χ1) is 7.65. The average Bonchev–Trinajstić information content (AvgIpc) is 2.66. The minimum Gasteiger partial charge on any atom is -0.465 e. The number of carboxylic acid groups (broad SMARTS) is 1. The van der Waals surface area contributed by atoms with Crippen LogP contribution >= 0.6 is 15.9 Å². The summed E-state index contributed by atoms with van der Waals surface area (Å²) in [6, 6.07) is 2.10. The van der Waals surface area contributed by atoms with E-state index in [1.54, 1.807) is 12.4 Å². The highest BCUT2D eigenvalue weighted by atomic mass is 79.9. The predicted molar refractivity (Wildman–Crippen MR) is 63.6 cm³/mol. The molecule has 0 aromatic carbocycles. The molecule has 6 heteroatoms. The van der Waals surface area contributed by atoms with Crippen molar-refractivity contribution in [3.8, 4) is 0 Å². The quantitative estimate of drug-likeness (QED) is 0.872. The van der Waals surface area contributed by atoms with Crippen LogP contribution in [-0.2, 0) is 0 Å². The van der Waals surface area contributed by atoms with Crippen molar-refractivity contribution < 1.29 is 9.90 Å². The van der Waals surface area contributed by atoms with Crippen molar-refractivity contribution in [1.82, 2.24) is 9.88 Å². The lowest BCUT2D eigenvalue weighted by Gasteiger charge is -2.14. The molecule has 0 bridgehead atoms. The second-order valence-electron chi connectivity index (χ2n) is 3.75. The van der Waals surface area contributed by atoms with Gasteiger partial charge in [0.1, 0.15) is 0 Å². The van der Waals surface area contributed by atoms with Crippen molar-refractivity contribution in [2.24, 2.45) is 0 Å². The van der Waals surface area contributed by atoms with E-state index < -0.39 is 6.09 Å². The molecule has 0 saturated carbocycles. The molecule has 1 aromatic rings. The Bertz CT molecular complexity index is 399. The van der Waals surface area contributed by atoms with E-state index in [4.69, 9.17) is 5.11 Å². The van der Waals surface area contributed by atoms with Crippen molar-refractivity contribution in [2.75, 3.05) is 18.4 Å². The topological polar surface area (TPSA) is 65.5 Å². The van der Waals surface area contributed by atoms with Gasteiger partial charge < -0.3 is 15.3 Å². The zero-order valence-corrected chi connectivity index (χ0v) is 10.1. The van der Waals surface area contributed by atoms with Crippen LogP contribution in [0.5, 0.6) is 0 Å². The first kappa shape index (κ1) is 11.2. The molecule has 1 fully saturated rings. The molecule has 0 unspecified atom stereocenters. The van der Waals surface area contributed by atoms with E-state index in [9.17, 15) is 4.79 Å².